The molecule has 1 aromatic carbocycles. The summed E-state index contributed by atoms with van der Waals surface area (Å²) in [7, 11) is 1.65. The van der Waals surface area contributed by atoms with Crippen LogP contribution in [0.3, 0.4) is 0 Å². The molecule has 0 aliphatic carbocycles. The molecular weight excluding hydrogens is 290 g/mol. The Hall–Kier alpha value is -2.22. The van der Waals surface area contributed by atoms with E-state index < -0.39 is 0 Å². The number of hydrogen-bond acceptors (Lipinski definition) is 5. The van der Waals surface area contributed by atoms with Gasteiger partial charge in [0.25, 0.3) is 0 Å². The van der Waals surface area contributed by atoms with Gasteiger partial charge in [-0.15, -0.1) is 5.10 Å². The van der Waals surface area contributed by atoms with Crippen LogP contribution in [0.15, 0.2) is 34.2 Å². The molecule has 0 saturated heterocycles. The van der Waals surface area contributed by atoms with Crippen molar-refractivity contribution in [2.24, 2.45) is 7.05 Å². The molecule has 0 atom stereocenters. The lowest BCUT2D eigenvalue weighted by atomic mass is 10.2. The molecule has 0 fully saturated rings. The first-order valence-electron chi connectivity index (χ1n) is 6.46. The lowest BCUT2D eigenvalue weighted by Gasteiger charge is -2.07. The quantitative estimate of drug-likeness (QED) is 0.422. The van der Waals surface area contributed by atoms with Gasteiger partial charge in [-0.3, -0.25) is 9.36 Å². The van der Waals surface area contributed by atoms with Gasteiger partial charge in [0.15, 0.2) is 5.16 Å². The van der Waals surface area contributed by atoms with Crippen LogP contribution in [-0.4, -0.2) is 26.4 Å². The second kappa shape index (κ2) is 6.98. The van der Waals surface area contributed by atoms with Gasteiger partial charge >= 0.3 is 5.69 Å². The monoisotopic (exact) mass is 307 g/mol. The van der Waals surface area contributed by atoms with Gasteiger partial charge in [0, 0.05) is 19.2 Å². The van der Waals surface area contributed by atoms with Crippen LogP contribution in [0, 0.1) is 0 Å². The van der Waals surface area contributed by atoms with E-state index in [0.29, 0.717) is 35.1 Å². The topological polar surface area (TPSA) is 106 Å². The van der Waals surface area contributed by atoms with Gasteiger partial charge in [0.2, 0.25) is 5.91 Å². The summed E-state index contributed by atoms with van der Waals surface area (Å²) in [5, 5.41) is 9.64. The summed E-state index contributed by atoms with van der Waals surface area (Å²) < 4.78 is 1.44. The number of thioether (sulfide) groups is 1. The van der Waals surface area contributed by atoms with E-state index >= 15 is 0 Å². The highest BCUT2D eigenvalue weighted by Crippen LogP contribution is 2.18. The van der Waals surface area contributed by atoms with Crippen molar-refractivity contribution >= 4 is 29.0 Å². The number of amides is 1. The predicted molar refractivity (Wildman–Crippen MR) is 83.3 cm³/mol. The average molecular weight is 307 g/mol. The van der Waals surface area contributed by atoms with E-state index in [1.807, 2.05) is 12.1 Å². The van der Waals surface area contributed by atoms with E-state index in [1.54, 1.807) is 19.2 Å². The van der Waals surface area contributed by atoms with Crippen LogP contribution in [0.25, 0.3) is 0 Å². The third kappa shape index (κ3) is 4.12. The van der Waals surface area contributed by atoms with Crippen LogP contribution in [0.5, 0.6) is 0 Å². The van der Waals surface area contributed by atoms with Crippen molar-refractivity contribution in [3.8, 4) is 0 Å². The Balaban J connectivity index is 1.74. The van der Waals surface area contributed by atoms with Crippen LogP contribution in [0.4, 0.5) is 11.4 Å². The summed E-state index contributed by atoms with van der Waals surface area (Å²) in [4.78, 5) is 23.0. The van der Waals surface area contributed by atoms with Crippen LogP contribution < -0.4 is 16.7 Å². The molecule has 112 valence electrons. The van der Waals surface area contributed by atoms with Gasteiger partial charge in [0.1, 0.15) is 0 Å². The molecule has 0 unspecified atom stereocenters. The van der Waals surface area contributed by atoms with E-state index in [9.17, 15) is 9.59 Å². The molecule has 21 heavy (non-hydrogen) atoms. The number of hydrogen-bond donors (Lipinski definition) is 3. The number of anilines is 2. The maximum atomic E-state index is 11.8. The van der Waals surface area contributed by atoms with Gasteiger partial charge in [-0.2, -0.15) is 0 Å². The summed E-state index contributed by atoms with van der Waals surface area (Å²) in [6.07, 6.45) is 1.07. The SMILES string of the molecule is Cn1c(SCCCC(=O)Nc2ccccc2N)n[nH]c1=O. The molecule has 2 rings (SSSR count). The number of benzene rings is 1. The molecule has 0 saturated carbocycles. The van der Waals surface area contributed by atoms with E-state index in [4.69, 9.17) is 5.73 Å². The fraction of sp³-hybridized carbons (Fsp3) is 0.308. The highest BCUT2D eigenvalue weighted by Gasteiger charge is 2.07. The van der Waals surface area contributed by atoms with Crippen molar-refractivity contribution in [1.82, 2.24) is 14.8 Å². The smallest absolute Gasteiger partial charge is 0.343 e. The summed E-state index contributed by atoms with van der Waals surface area (Å²) >= 11 is 1.44. The van der Waals surface area contributed by atoms with Crippen molar-refractivity contribution < 1.29 is 4.79 Å². The Morgan fingerprint density at radius 1 is 1.48 bits per heavy atom. The molecule has 8 heteroatoms. The number of rotatable bonds is 6. The molecule has 0 radical (unpaired) electrons. The second-order valence-corrected chi connectivity index (χ2v) is 5.52. The van der Waals surface area contributed by atoms with Gasteiger partial charge in [0.05, 0.1) is 11.4 Å². The Bertz CT molecular complexity index is 679. The molecule has 7 nitrogen and oxygen atoms in total. The highest BCUT2D eigenvalue weighted by atomic mass is 32.2. The van der Waals surface area contributed by atoms with E-state index in [0.717, 1.165) is 0 Å². The molecule has 0 aliphatic rings. The highest BCUT2D eigenvalue weighted by molar-refractivity contribution is 7.99. The summed E-state index contributed by atoms with van der Waals surface area (Å²) in [6.45, 7) is 0. The summed E-state index contributed by atoms with van der Waals surface area (Å²) in [6, 6.07) is 7.14. The number of carbonyl (C=O) groups excluding carboxylic acids is 1. The zero-order chi connectivity index (χ0) is 15.2. The Morgan fingerprint density at radius 3 is 2.90 bits per heavy atom. The Morgan fingerprint density at radius 2 is 2.24 bits per heavy atom. The lowest BCUT2D eigenvalue weighted by Crippen LogP contribution is -2.13. The Labute approximate surface area is 125 Å². The van der Waals surface area contributed by atoms with Crippen LogP contribution in [-0.2, 0) is 11.8 Å². The van der Waals surface area contributed by atoms with Gasteiger partial charge < -0.3 is 11.1 Å². The molecular formula is C13H17N5O2S. The van der Waals surface area contributed by atoms with E-state index in [1.165, 1.54) is 16.3 Å². The van der Waals surface area contributed by atoms with Crippen molar-refractivity contribution in [2.75, 3.05) is 16.8 Å². The number of nitrogen functional groups attached to an aromatic ring is 1. The molecule has 0 spiro atoms. The van der Waals surface area contributed by atoms with Crippen LogP contribution in [0.1, 0.15) is 12.8 Å². The van der Waals surface area contributed by atoms with Crippen molar-refractivity contribution in [3.05, 3.63) is 34.7 Å². The minimum absolute atomic E-state index is 0.0792. The Kier molecular flexibility index (Phi) is 5.04. The normalized spacial score (nSPS) is 10.5. The van der Waals surface area contributed by atoms with Crippen LogP contribution >= 0.6 is 11.8 Å². The summed E-state index contributed by atoms with van der Waals surface area (Å²) in [5.74, 6) is 0.625. The standard InChI is InChI=1S/C13H17N5O2S/c1-18-12(20)16-17-13(18)21-8-4-7-11(19)15-10-6-3-2-5-9(10)14/h2-3,5-6H,4,7-8,14H2,1H3,(H,15,19)(H,16,20). The number of nitrogens with one attached hydrogen (secondary N) is 2. The largest absolute Gasteiger partial charge is 0.397 e. The maximum absolute atomic E-state index is 11.8. The van der Waals surface area contributed by atoms with Gasteiger partial charge in [-0.1, -0.05) is 23.9 Å². The fourth-order valence-electron chi connectivity index (χ4n) is 1.68. The summed E-state index contributed by atoms with van der Waals surface area (Å²) in [5.41, 5.74) is 6.69. The molecule has 4 N–H and O–H groups in total. The molecule has 1 amide bonds. The molecule has 2 aromatic rings. The van der Waals surface area contributed by atoms with Gasteiger partial charge in [-0.05, 0) is 18.6 Å². The molecule has 1 aromatic heterocycles. The molecule has 0 aliphatic heterocycles. The number of para-hydroxylation sites is 2. The first-order valence-corrected chi connectivity index (χ1v) is 7.45. The van der Waals surface area contributed by atoms with Gasteiger partial charge in [-0.25, -0.2) is 9.89 Å². The molecule has 1 heterocycles. The first-order chi connectivity index (χ1) is 10.1. The third-order valence-corrected chi connectivity index (χ3v) is 3.97. The molecule has 0 bridgehead atoms. The predicted octanol–water partition coefficient (Wildman–Crippen LogP) is 1.20. The zero-order valence-corrected chi connectivity index (χ0v) is 12.4. The third-order valence-electron chi connectivity index (χ3n) is 2.85. The van der Waals surface area contributed by atoms with E-state index in [2.05, 4.69) is 15.5 Å². The number of carbonyl (C=O) groups is 1. The minimum atomic E-state index is -0.241. The number of nitrogens with two attached hydrogens (primary N) is 1. The number of aromatic nitrogens is 3. The first kappa shape index (κ1) is 15.2. The lowest BCUT2D eigenvalue weighted by molar-refractivity contribution is -0.116. The van der Waals surface area contributed by atoms with Crippen molar-refractivity contribution in [1.29, 1.82) is 0 Å². The van der Waals surface area contributed by atoms with E-state index in [-0.39, 0.29) is 11.6 Å². The number of nitrogens with zero attached hydrogens (tertiary/aromatic N) is 2. The average Bonchev–Trinajstić information content (AvgIpc) is 2.78. The van der Waals surface area contributed by atoms with Crippen LogP contribution in [0.2, 0.25) is 0 Å². The maximum Gasteiger partial charge on any atom is 0.343 e. The fourth-order valence-corrected chi connectivity index (χ4v) is 2.54. The zero-order valence-electron chi connectivity index (χ0n) is 11.6. The number of aromatic amines is 1. The van der Waals surface area contributed by atoms with Crippen molar-refractivity contribution in [3.63, 3.8) is 0 Å². The van der Waals surface area contributed by atoms with Crippen molar-refractivity contribution in [2.45, 2.75) is 18.0 Å². The minimum Gasteiger partial charge on any atom is -0.397 e. The second-order valence-electron chi connectivity index (χ2n) is 4.46. The number of H-pyrrole nitrogens is 1.